The molecule has 1 spiro atoms. The van der Waals surface area contributed by atoms with Gasteiger partial charge in [-0.15, -0.1) is 0 Å². The minimum Gasteiger partial charge on any atom is -0.324 e. The van der Waals surface area contributed by atoms with Crippen LogP contribution >= 0.6 is 11.8 Å². The van der Waals surface area contributed by atoms with Gasteiger partial charge in [0.2, 0.25) is 17.7 Å². The molecule has 5 rings (SSSR count). The van der Waals surface area contributed by atoms with Crippen molar-refractivity contribution in [1.82, 2.24) is 5.32 Å². The molecule has 4 atom stereocenters. The van der Waals surface area contributed by atoms with Crippen molar-refractivity contribution in [2.45, 2.75) is 18.0 Å². The second kappa shape index (κ2) is 6.71. The maximum atomic E-state index is 13.6. The average Bonchev–Trinajstić information content (AvgIpc) is 3.32. The predicted octanol–water partition coefficient (Wildman–Crippen LogP) is 2.36. The van der Waals surface area contributed by atoms with Gasteiger partial charge >= 0.3 is 0 Å². The lowest BCUT2D eigenvalue weighted by molar-refractivity contribution is -0.130. The Balaban J connectivity index is 1.65. The Labute approximate surface area is 173 Å². The number of hydrogen-bond donors (Lipinski definition) is 2. The van der Waals surface area contributed by atoms with Gasteiger partial charge < -0.3 is 5.32 Å². The van der Waals surface area contributed by atoms with Crippen molar-refractivity contribution >= 4 is 40.9 Å². The van der Waals surface area contributed by atoms with Gasteiger partial charge in [0, 0.05) is 17.3 Å². The molecular weight excluding hydrogens is 386 g/mol. The van der Waals surface area contributed by atoms with Crippen molar-refractivity contribution in [3.63, 3.8) is 0 Å². The van der Waals surface area contributed by atoms with Gasteiger partial charge in [0.05, 0.1) is 17.5 Å². The van der Waals surface area contributed by atoms with Crippen LogP contribution in [0.25, 0.3) is 0 Å². The third kappa shape index (κ3) is 2.44. The van der Waals surface area contributed by atoms with E-state index in [4.69, 9.17) is 0 Å². The number of benzene rings is 2. The molecule has 0 saturated carbocycles. The van der Waals surface area contributed by atoms with Crippen LogP contribution in [0.4, 0.5) is 11.4 Å². The molecule has 0 unspecified atom stereocenters. The predicted molar refractivity (Wildman–Crippen MR) is 113 cm³/mol. The van der Waals surface area contributed by atoms with Gasteiger partial charge in [-0.3, -0.25) is 19.7 Å². The SMILES string of the molecule is CSCC[C@H]1N[C@]2(C(=O)Nc3ccccc32)[C@@H]2C(=O)N(c3ccccc3)C(=O)[C@H]21. The van der Waals surface area contributed by atoms with Crippen LogP contribution in [0.1, 0.15) is 12.0 Å². The maximum Gasteiger partial charge on any atom is 0.250 e. The summed E-state index contributed by atoms with van der Waals surface area (Å²) in [5, 5.41) is 6.37. The summed E-state index contributed by atoms with van der Waals surface area (Å²) in [6.07, 6.45) is 2.72. The second-order valence-corrected chi connectivity index (χ2v) is 8.68. The van der Waals surface area contributed by atoms with Crippen molar-refractivity contribution in [1.29, 1.82) is 0 Å². The highest BCUT2D eigenvalue weighted by atomic mass is 32.2. The summed E-state index contributed by atoms with van der Waals surface area (Å²) in [4.78, 5) is 41.6. The van der Waals surface area contributed by atoms with E-state index < -0.39 is 17.4 Å². The van der Waals surface area contributed by atoms with Gasteiger partial charge in [0.1, 0.15) is 5.54 Å². The first-order valence-electron chi connectivity index (χ1n) is 9.70. The first kappa shape index (κ1) is 18.4. The van der Waals surface area contributed by atoms with Crippen molar-refractivity contribution in [2.24, 2.45) is 11.8 Å². The van der Waals surface area contributed by atoms with Crippen LogP contribution in [0.15, 0.2) is 54.6 Å². The van der Waals surface area contributed by atoms with Crippen LogP contribution in [-0.4, -0.2) is 35.8 Å². The van der Waals surface area contributed by atoms with E-state index in [0.29, 0.717) is 17.8 Å². The minimum atomic E-state index is -1.21. The molecule has 2 N–H and O–H groups in total. The van der Waals surface area contributed by atoms with Crippen LogP contribution in [0.2, 0.25) is 0 Å². The molecule has 148 valence electrons. The summed E-state index contributed by atoms with van der Waals surface area (Å²) < 4.78 is 0. The van der Waals surface area contributed by atoms with E-state index in [1.165, 1.54) is 4.90 Å². The number of imide groups is 1. The van der Waals surface area contributed by atoms with E-state index in [9.17, 15) is 14.4 Å². The van der Waals surface area contributed by atoms with E-state index in [1.807, 2.05) is 36.6 Å². The van der Waals surface area contributed by atoms with Gasteiger partial charge in [0.15, 0.2) is 0 Å². The molecule has 0 aliphatic carbocycles. The Bertz CT molecular complexity index is 1010. The summed E-state index contributed by atoms with van der Waals surface area (Å²) in [5.41, 5.74) is 0.804. The van der Waals surface area contributed by atoms with Crippen LogP contribution in [-0.2, 0) is 19.9 Å². The number of rotatable bonds is 4. The number of carbonyl (C=O) groups excluding carboxylic acids is 3. The molecule has 2 aromatic carbocycles. The molecule has 0 bridgehead atoms. The highest BCUT2D eigenvalue weighted by Gasteiger charge is 2.70. The third-order valence-corrected chi connectivity index (χ3v) is 6.91. The molecule has 0 radical (unpaired) electrons. The van der Waals surface area contributed by atoms with Crippen LogP contribution in [0, 0.1) is 11.8 Å². The number of fused-ring (bicyclic) bond motifs is 4. The zero-order valence-electron chi connectivity index (χ0n) is 15.9. The van der Waals surface area contributed by atoms with E-state index in [0.717, 1.165) is 11.3 Å². The highest BCUT2D eigenvalue weighted by Crippen LogP contribution is 2.53. The van der Waals surface area contributed by atoms with Gasteiger partial charge in [-0.25, -0.2) is 4.90 Å². The highest BCUT2D eigenvalue weighted by molar-refractivity contribution is 7.98. The Hall–Kier alpha value is -2.64. The largest absolute Gasteiger partial charge is 0.324 e. The molecule has 3 aliphatic heterocycles. The Morgan fingerprint density at radius 3 is 2.48 bits per heavy atom. The van der Waals surface area contributed by atoms with E-state index in [2.05, 4.69) is 10.6 Å². The fourth-order valence-electron chi connectivity index (χ4n) is 5.08. The topological polar surface area (TPSA) is 78.5 Å². The number of nitrogens with zero attached hydrogens (tertiary/aromatic N) is 1. The average molecular weight is 407 g/mol. The van der Waals surface area contributed by atoms with E-state index >= 15 is 0 Å². The van der Waals surface area contributed by atoms with E-state index in [-0.39, 0.29) is 23.8 Å². The summed E-state index contributed by atoms with van der Waals surface area (Å²) in [6.45, 7) is 0. The van der Waals surface area contributed by atoms with Crippen molar-refractivity contribution in [3.8, 4) is 0 Å². The monoisotopic (exact) mass is 407 g/mol. The summed E-state index contributed by atoms with van der Waals surface area (Å²) in [6, 6.07) is 16.2. The van der Waals surface area contributed by atoms with Crippen LogP contribution < -0.4 is 15.5 Å². The molecule has 6 nitrogen and oxygen atoms in total. The molecule has 2 fully saturated rings. The van der Waals surface area contributed by atoms with Gasteiger partial charge in [0.25, 0.3) is 0 Å². The minimum absolute atomic E-state index is 0.223. The fraction of sp³-hybridized carbons (Fsp3) is 0.318. The third-order valence-electron chi connectivity index (χ3n) is 6.27. The van der Waals surface area contributed by atoms with Crippen LogP contribution in [0.3, 0.4) is 0 Å². The second-order valence-electron chi connectivity index (χ2n) is 7.69. The summed E-state index contributed by atoms with van der Waals surface area (Å²) in [5.74, 6) is -1.27. The van der Waals surface area contributed by atoms with Crippen molar-refractivity contribution in [3.05, 3.63) is 60.2 Å². The molecule has 3 aliphatic rings. The number of para-hydroxylation sites is 2. The van der Waals surface area contributed by atoms with Crippen molar-refractivity contribution in [2.75, 3.05) is 22.2 Å². The first-order chi connectivity index (χ1) is 14.1. The lowest BCUT2D eigenvalue weighted by atomic mass is 9.76. The van der Waals surface area contributed by atoms with Crippen LogP contribution in [0.5, 0.6) is 0 Å². The van der Waals surface area contributed by atoms with Gasteiger partial charge in [-0.1, -0.05) is 36.4 Å². The lowest BCUT2D eigenvalue weighted by Crippen LogP contribution is -2.53. The number of thioether (sulfide) groups is 1. The zero-order valence-corrected chi connectivity index (χ0v) is 16.7. The molecular formula is C22H21N3O3S. The molecule has 0 aromatic heterocycles. The number of amides is 3. The fourth-order valence-corrected chi connectivity index (χ4v) is 5.57. The Morgan fingerprint density at radius 1 is 1.00 bits per heavy atom. The Morgan fingerprint density at radius 2 is 1.72 bits per heavy atom. The molecule has 29 heavy (non-hydrogen) atoms. The smallest absolute Gasteiger partial charge is 0.250 e. The number of carbonyl (C=O) groups is 3. The lowest BCUT2D eigenvalue weighted by Gasteiger charge is -2.29. The van der Waals surface area contributed by atoms with E-state index in [1.54, 1.807) is 36.0 Å². The number of anilines is 2. The molecule has 2 aromatic rings. The summed E-state index contributed by atoms with van der Waals surface area (Å²) >= 11 is 1.69. The van der Waals surface area contributed by atoms with Gasteiger partial charge in [-0.2, -0.15) is 11.8 Å². The normalized spacial score (nSPS) is 30.0. The zero-order chi connectivity index (χ0) is 20.2. The molecule has 2 saturated heterocycles. The summed E-state index contributed by atoms with van der Waals surface area (Å²) in [7, 11) is 0. The molecule has 3 heterocycles. The van der Waals surface area contributed by atoms with Gasteiger partial charge in [-0.05, 0) is 36.6 Å². The molecule has 7 heteroatoms. The standard InChI is InChI=1S/C22H21N3O3S/c1-29-12-11-16-17-18(20(27)25(19(17)26)13-7-3-2-4-8-13)22(24-16)14-9-5-6-10-15(14)23-21(22)28/h2-10,16-18,24H,11-12H2,1H3,(H,23,28)/t16-,17+,18+,22+/m1/s1. The Kier molecular flexibility index (Phi) is 4.26. The maximum absolute atomic E-state index is 13.6. The van der Waals surface area contributed by atoms with Crippen molar-refractivity contribution < 1.29 is 14.4 Å². The number of hydrogen-bond acceptors (Lipinski definition) is 5. The first-order valence-corrected chi connectivity index (χ1v) is 11.1. The quantitative estimate of drug-likeness (QED) is 0.761. The number of nitrogens with one attached hydrogen (secondary N) is 2. The molecule has 3 amide bonds.